The molecule has 0 aliphatic rings. The van der Waals surface area contributed by atoms with Gasteiger partial charge in [-0.25, -0.2) is 4.79 Å². The molecule has 0 bridgehead atoms. The predicted molar refractivity (Wildman–Crippen MR) is 107 cm³/mol. The highest BCUT2D eigenvalue weighted by atomic mass is 16.6. The van der Waals surface area contributed by atoms with Crippen LogP contribution in [0.25, 0.3) is 11.0 Å². The van der Waals surface area contributed by atoms with Gasteiger partial charge in [-0.3, -0.25) is 4.79 Å². The lowest BCUT2D eigenvalue weighted by Crippen LogP contribution is -2.35. The molecule has 1 aromatic heterocycles. The van der Waals surface area contributed by atoms with E-state index < -0.39 is 18.0 Å². The van der Waals surface area contributed by atoms with Crippen molar-refractivity contribution in [3.05, 3.63) is 59.4 Å². The monoisotopic (exact) mass is 397 g/mol. The maximum atomic E-state index is 12.5. The minimum absolute atomic E-state index is 0.103. The Morgan fingerprint density at radius 3 is 2.48 bits per heavy atom. The number of carbonyl (C=O) groups is 2. The van der Waals surface area contributed by atoms with Crippen LogP contribution in [0.1, 0.15) is 28.6 Å². The van der Waals surface area contributed by atoms with Crippen molar-refractivity contribution in [3.8, 4) is 11.5 Å². The fraction of sp³-hybridized carbons (Fsp3) is 0.273. The van der Waals surface area contributed by atoms with Crippen LogP contribution in [0.2, 0.25) is 0 Å². The normalized spacial score (nSPS) is 11.7. The first kappa shape index (κ1) is 20.3. The third kappa shape index (κ3) is 4.34. The van der Waals surface area contributed by atoms with Gasteiger partial charge in [0, 0.05) is 17.5 Å². The van der Waals surface area contributed by atoms with Gasteiger partial charge in [-0.2, -0.15) is 0 Å². The van der Waals surface area contributed by atoms with Gasteiger partial charge in [0.25, 0.3) is 5.91 Å². The van der Waals surface area contributed by atoms with Crippen molar-refractivity contribution in [1.82, 2.24) is 5.32 Å². The van der Waals surface area contributed by atoms with E-state index >= 15 is 0 Å². The van der Waals surface area contributed by atoms with Crippen molar-refractivity contribution >= 4 is 22.8 Å². The number of furan rings is 1. The van der Waals surface area contributed by atoms with Crippen LogP contribution >= 0.6 is 0 Å². The standard InChI is InChI=1S/C22H23NO6/c1-13-16-7-5-6-8-17(16)29-20(13)22(25)28-14(2)21(24)23-12-15-9-10-18(26-3)19(11-15)27-4/h5-11,14H,12H2,1-4H3,(H,23,24)/t14-/m0/s1. The maximum absolute atomic E-state index is 12.5. The summed E-state index contributed by atoms with van der Waals surface area (Å²) < 4.78 is 21.3. The lowest BCUT2D eigenvalue weighted by Gasteiger charge is -2.14. The van der Waals surface area contributed by atoms with Crippen LogP contribution < -0.4 is 14.8 Å². The Morgan fingerprint density at radius 2 is 1.79 bits per heavy atom. The SMILES string of the molecule is COc1ccc(CNC(=O)[C@H](C)OC(=O)c2oc3ccccc3c2C)cc1OC. The van der Waals surface area contributed by atoms with Gasteiger partial charge in [0.2, 0.25) is 5.76 Å². The first-order chi connectivity index (χ1) is 13.9. The topological polar surface area (TPSA) is 87.0 Å². The van der Waals surface area contributed by atoms with E-state index in [1.807, 2.05) is 24.3 Å². The fourth-order valence-corrected chi connectivity index (χ4v) is 2.96. The first-order valence-corrected chi connectivity index (χ1v) is 9.12. The van der Waals surface area contributed by atoms with Crippen molar-refractivity contribution < 1.29 is 28.2 Å². The predicted octanol–water partition coefficient (Wildman–Crippen LogP) is 3.62. The Kier molecular flexibility index (Phi) is 6.07. The zero-order valence-electron chi connectivity index (χ0n) is 16.8. The number of methoxy groups -OCH3 is 2. The molecule has 0 aliphatic heterocycles. The lowest BCUT2D eigenvalue weighted by atomic mass is 10.1. The lowest BCUT2D eigenvalue weighted by molar-refractivity contribution is -0.129. The molecule has 0 unspecified atom stereocenters. The summed E-state index contributed by atoms with van der Waals surface area (Å²) in [7, 11) is 3.10. The van der Waals surface area contributed by atoms with Gasteiger partial charge in [0.05, 0.1) is 14.2 Å². The third-order valence-electron chi connectivity index (χ3n) is 4.60. The number of benzene rings is 2. The minimum Gasteiger partial charge on any atom is -0.493 e. The van der Waals surface area contributed by atoms with Gasteiger partial charge in [-0.15, -0.1) is 0 Å². The van der Waals surface area contributed by atoms with Crippen molar-refractivity contribution in [2.75, 3.05) is 14.2 Å². The first-order valence-electron chi connectivity index (χ1n) is 9.12. The van der Waals surface area contributed by atoms with Crippen LogP contribution in [-0.2, 0) is 16.1 Å². The van der Waals surface area contributed by atoms with Crippen molar-refractivity contribution in [2.45, 2.75) is 26.5 Å². The highest BCUT2D eigenvalue weighted by Gasteiger charge is 2.24. The van der Waals surface area contributed by atoms with Crippen molar-refractivity contribution in [1.29, 1.82) is 0 Å². The van der Waals surface area contributed by atoms with E-state index in [9.17, 15) is 9.59 Å². The third-order valence-corrected chi connectivity index (χ3v) is 4.60. The molecule has 3 aromatic rings. The van der Waals surface area contributed by atoms with E-state index in [1.165, 1.54) is 6.92 Å². The number of hydrogen-bond acceptors (Lipinski definition) is 6. The molecule has 1 N–H and O–H groups in total. The second kappa shape index (κ2) is 8.68. The van der Waals surface area contributed by atoms with E-state index in [4.69, 9.17) is 18.6 Å². The molecular weight excluding hydrogens is 374 g/mol. The van der Waals surface area contributed by atoms with E-state index in [0.717, 1.165) is 10.9 Å². The fourth-order valence-electron chi connectivity index (χ4n) is 2.96. The largest absolute Gasteiger partial charge is 0.493 e. The Bertz CT molecular complexity index is 1040. The molecule has 1 amide bonds. The quantitative estimate of drug-likeness (QED) is 0.613. The molecule has 2 aromatic carbocycles. The Morgan fingerprint density at radius 1 is 1.07 bits per heavy atom. The zero-order chi connectivity index (χ0) is 21.0. The highest BCUT2D eigenvalue weighted by Crippen LogP contribution is 2.28. The van der Waals surface area contributed by atoms with Crippen LogP contribution in [0.5, 0.6) is 11.5 Å². The summed E-state index contributed by atoms with van der Waals surface area (Å²) in [5.41, 5.74) is 2.11. The molecule has 29 heavy (non-hydrogen) atoms. The molecular formula is C22H23NO6. The van der Waals surface area contributed by atoms with Gasteiger partial charge in [0.1, 0.15) is 5.58 Å². The molecule has 7 nitrogen and oxygen atoms in total. The molecule has 7 heteroatoms. The summed E-state index contributed by atoms with van der Waals surface area (Å²) in [5, 5.41) is 3.58. The number of carbonyl (C=O) groups excluding carboxylic acids is 2. The van der Waals surface area contributed by atoms with Crippen molar-refractivity contribution in [3.63, 3.8) is 0 Å². The molecule has 152 valence electrons. The molecule has 3 rings (SSSR count). The number of para-hydroxylation sites is 1. The number of nitrogens with one attached hydrogen (secondary N) is 1. The molecule has 0 saturated carbocycles. The average Bonchev–Trinajstić information content (AvgIpc) is 3.08. The molecule has 0 fully saturated rings. The van der Waals surface area contributed by atoms with Crippen LogP contribution in [-0.4, -0.2) is 32.2 Å². The van der Waals surface area contributed by atoms with Gasteiger partial charge < -0.3 is 23.9 Å². The minimum atomic E-state index is -0.977. The summed E-state index contributed by atoms with van der Waals surface area (Å²) in [6, 6.07) is 12.7. The number of esters is 1. The number of fused-ring (bicyclic) bond motifs is 1. The van der Waals surface area contributed by atoms with E-state index in [0.29, 0.717) is 22.6 Å². The average molecular weight is 397 g/mol. The van der Waals surface area contributed by atoms with E-state index in [2.05, 4.69) is 5.32 Å². The highest BCUT2D eigenvalue weighted by molar-refractivity contribution is 5.97. The van der Waals surface area contributed by atoms with Gasteiger partial charge >= 0.3 is 5.97 Å². The second-order valence-corrected chi connectivity index (χ2v) is 6.51. The summed E-state index contributed by atoms with van der Waals surface area (Å²) in [4.78, 5) is 24.8. The van der Waals surface area contributed by atoms with Crippen LogP contribution in [0.3, 0.4) is 0 Å². The molecule has 1 atom stereocenters. The molecule has 0 spiro atoms. The number of rotatable bonds is 7. The second-order valence-electron chi connectivity index (χ2n) is 6.51. The number of ether oxygens (including phenoxy) is 3. The Labute approximate surface area is 168 Å². The van der Waals surface area contributed by atoms with Crippen molar-refractivity contribution in [2.24, 2.45) is 0 Å². The van der Waals surface area contributed by atoms with E-state index in [-0.39, 0.29) is 12.3 Å². The maximum Gasteiger partial charge on any atom is 0.375 e. The zero-order valence-corrected chi connectivity index (χ0v) is 16.8. The van der Waals surface area contributed by atoms with Crippen LogP contribution in [0.15, 0.2) is 46.9 Å². The Balaban J connectivity index is 1.61. The Hall–Kier alpha value is -3.48. The van der Waals surface area contributed by atoms with Gasteiger partial charge in [-0.1, -0.05) is 24.3 Å². The molecule has 1 heterocycles. The van der Waals surface area contributed by atoms with Gasteiger partial charge in [-0.05, 0) is 37.6 Å². The summed E-state index contributed by atoms with van der Waals surface area (Å²) in [6.45, 7) is 3.55. The summed E-state index contributed by atoms with van der Waals surface area (Å²) >= 11 is 0. The van der Waals surface area contributed by atoms with E-state index in [1.54, 1.807) is 39.3 Å². The van der Waals surface area contributed by atoms with Crippen LogP contribution in [0, 0.1) is 6.92 Å². The molecule has 0 aliphatic carbocycles. The van der Waals surface area contributed by atoms with Crippen LogP contribution in [0.4, 0.5) is 0 Å². The van der Waals surface area contributed by atoms with Gasteiger partial charge in [0.15, 0.2) is 17.6 Å². The molecule has 0 radical (unpaired) electrons. The summed E-state index contributed by atoms with van der Waals surface area (Å²) in [5.74, 6) is 0.185. The number of hydrogen-bond donors (Lipinski definition) is 1. The summed E-state index contributed by atoms with van der Waals surface area (Å²) in [6.07, 6.45) is -0.977. The molecule has 0 saturated heterocycles. The smallest absolute Gasteiger partial charge is 0.375 e. The number of aryl methyl sites for hydroxylation is 1. The number of amides is 1.